The van der Waals surface area contributed by atoms with Crippen molar-refractivity contribution < 1.29 is 23.2 Å². The molecule has 8 nitrogen and oxygen atoms in total. The lowest BCUT2D eigenvalue weighted by atomic mass is 10.1. The van der Waals surface area contributed by atoms with Crippen LogP contribution in [0.5, 0.6) is 0 Å². The Bertz CT molecular complexity index is 1370. The Kier molecular flexibility index (Phi) is 10.8. The van der Waals surface area contributed by atoms with Crippen LogP contribution in [0.1, 0.15) is 18.1 Å². The van der Waals surface area contributed by atoms with Gasteiger partial charge in [-0.25, -0.2) is 13.8 Å². The number of amides is 1. The number of aliphatic imine (C=N–C) groups is 1. The van der Waals surface area contributed by atoms with Crippen molar-refractivity contribution in [2.75, 3.05) is 17.6 Å². The molecule has 0 radical (unpaired) electrons. The van der Waals surface area contributed by atoms with Crippen LogP contribution in [0.15, 0.2) is 69.5 Å². The van der Waals surface area contributed by atoms with Gasteiger partial charge in [-0.05, 0) is 54.3 Å². The number of carbonyl (C=O) groups excluding carboxylic acids is 1. The summed E-state index contributed by atoms with van der Waals surface area (Å²) in [4.78, 5) is 17.6. The summed E-state index contributed by atoms with van der Waals surface area (Å²) in [5.74, 6) is -3.93. The first-order valence-electron chi connectivity index (χ1n) is 11.2. The lowest BCUT2D eigenvalue weighted by molar-refractivity contribution is -0.117. The smallest absolute Gasteiger partial charge is 0.259 e. The maximum absolute atomic E-state index is 13.6. The number of aliphatic hydroxyl groups is 1. The lowest BCUT2D eigenvalue weighted by Crippen LogP contribution is -2.34. The molecule has 38 heavy (non-hydrogen) atoms. The first-order valence-corrected chi connectivity index (χ1v) is 14.2. The van der Waals surface area contributed by atoms with Crippen LogP contribution in [0.4, 0.5) is 20.2 Å². The van der Waals surface area contributed by atoms with E-state index in [0.717, 1.165) is 17.8 Å². The number of aliphatic hydroxyl groups excluding tert-OH is 1. The number of hydrogen-bond donors (Lipinski definition) is 5. The van der Waals surface area contributed by atoms with Gasteiger partial charge in [-0.3, -0.25) is 10.2 Å². The number of carbonyl (C=O) groups is 1. The number of thiophene rings is 1. The number of nitrogens with zero attached hydrogens (tertiary/aromatic N) is 1. The fourth-order valence-electron chi connectivity index (χ4n) is 3.17. The Morgan fingerprint density at radius 1 is 1.24 bits per heavy atom. The van der Waals surface area contributed by atoms with Crippen molar-refractivity contribution in [3.8, 4) is 0 Å². The summed E-state index contributed by atoms with van der Waals surface area (Å²) in [5, 5.41) is 26.0. The highest BCUT2D eigenvalue weighted by atomic mass is 32.2. The molecule has 0 spiro atoms. The molecule has 13 heteroatoms. The van der Waals surface area contributed by atoms with Gasteiger partial charge in [0.25, 0.3) is 5.91 Å². The van der Waals surface area contributed by atoms with Gasteiger partial charge >= 0.3 is 0 Å². The predicted octanol–water partition coefficient (Wildman–Crippen LogP) is 5.16. The van der Waals surface area contributed by atoms with Crippen LogP contribution in [-0.2, 0) is 15.9 Å². The van der Waals surface area contributed by atoms with Gasteiger partial charge < -0.3 is 25.4 Å². The van der Waals surface area contributed by atoms with Crippen molar-refractivity contribution in [2.24, 2.45) is 10.7 Å². The van der Waals surface area contributed by atoms with Crippen molar-refractivity contribution in [3.63, 3.8) is 0 Å². The fraction of sp³-hybridized carbons (Fsp3) is 0.160. The summed E-state index contributed by atoms with van der Waals surface area (Å²) in [6.45, 7) is 2.16. The predicted molar refractivity (Wildman–Crippen MR) is 153 cm³/mol. The highest BCUT2D eigenvalue weighted by Gasteiger charge is 2.24. The number of nitrogens with two attached hydrogens (primary N) is 1. The van der Waals surface area contributed by atoms with Crippen molar-refractivity contribution in [3.05, 3.63) is 87.3 Å². The minimum absolute atomic E-state index is 0.0556. The molecular weight excluding hydrogens is 551 g/mol. The molecule has 0 bridgehead atoms. The van der Waals surface area contributed by atoms with Crippen LogP contribution in [0, 0.1) is 17.0 Å². The van der Waals surface area contributed by atoms with Gasteiger partial charge in [0, 0.05) is 50.2 Å². The Labute approximate surface area is 228 Å². The van der Waals surface area contributed by atoms with Crippen molar-refractivity contribution in [1.29, 1.82) is 5.41 Å². The molecule has 1 aromatic heterocycles. The van der Waals surface area contributed by atoms with Crippen LogP contribution >= 0.6 is 32.1 Å². The number of anilines is 1. The molecule has 0 fully saturated rings. The van der Waals surface area contributed by atoms with E-state index in [2.05, 4.69) is 15.0 Å². The first kappa shape index (κ1) is 29.2. The van der Waals surface area contributed by atoms with Crippen LogP contribution in [0.25, 0.3) is 0 Å². The molecule has 200 valence electrons. The topological polar surface area (TPSA) is 133 Å². The normalized spacial score (nSPS) is 12.5. The molecule has 0 saturated carbocycles. The summed E-state index contributed by atoms with van der Waals surface area (Å²) >= 11 is 2.74. The van der Waals surface area contributed by atoms with Gasteiger partial charge in [0.15, 0.2) is 17.4 Å². The highest BCUT2D eigenvalue weighted by Crippen LogP contribution is 2.26. The molecule has 0 aliphatic rings. The molecule has 0 saturated heterocycles. The molecular formula is C25H26F2N5O3PS2. The summed E-state index contributed by atoms with van der Waals surface area (Å²) in [6, 6.07) is 10.2. The average molecular weight is 578 g/mol. The summed E-state index contributed by atoms with van der Waals surface area (Å²) < 4.78 is 35.6. The maximum atomic E-state index is 13.6. The van der Waals surface area contributed by atoms with E-state index in [1.54, 1.807) is 29.0 Å². The Hall–Kier alpha value is -3.31. The number of nitrogens with one attached hydrogen (secondary N) is 3. The van der Waals surface area contributed by atoms with Crippen LogP contribution in [0.3, 0.4) is 0 Å². The van der Waals surface area contributed by atoms with E-state index in [1.807, 2.05) is 19.2 Å². The second-order valence-corrected chi connectivity index (χ2v) is 10.0. The zero-order valence-electron chi connectivity index (χ0n) is 20.5. The number of halogens is 2. The fourth-order valence-corrected chi connectivity index (χ4v) is 4.93. The minimum atomic E-state index is -1.06. The Balaban J connectivity index is 2.00. The summed E-state index contributed by atoms with van der Waals surface area (Å²) in [7, 11) is -0.0556. The minimum Gasteiger partial charge on any atom is -0.505 e. The second kappa shape index (κ2) is 14.0. The molecule has 1 amide bonds. The zero-order valence-corrected chi connectivity index (χ0v) is 23.1. The molecule has 1 heterocycles. The third-order valence-electron chi connectivity index (χ3n) is 4.99. The van der Waals surface area contributed by atoms with Gasteiger partial charge in [-0.1, -0.05) is 18.0 Å². The summed E-state index contributed by atoms with van der Waals surface area (Å²) in [6.07, 6.45) is 1.88. The summed E-state index contributed by atoms with van der Waals surface area (Å²) in [5.41, 5.74) is 7.42. The standard InChI is InChI=1S/C25H26F2N5O3PS2/c1-3-35-36-20-11-16(32-37-2)5-7-19(20)31-24(29)21(23(33)22(28)15-8-9-38-13-15)25(34)30-12-14-4-6-17(26)18(27)10-14/h4-11,13,28,32-33,36H,3,12H2,1-2H3,(H2,29,31)(H,30,34)/b23-21+,28-22?. The molecule has 1 unspecified atom stereocenters. The van der Waals surface area contributed by atoms with E-state index < -0.39 is 28.9 Å². The van der Waals surface area contributed by atoms with Gasteiger partial charge in [0.1, 0.15) is 17.1 Å². The third kappa shape index (κ3) is 7.61. The number of benzene rings is 2. The largest absolute Gasteiger partial charge is 0.505 e. The van der Waals surface area contributed by atoms with E-state index in [1.165, 1.54) is 29.4 Å². The quantitative estimate of drug-likeness (QED) is 0.0505. The monoisotopic (exact) mass is 577 g/mol. The van der Waals surface area contributed by atoms with E-state index in [-0.39, 0.29) is 32.5 Å². The van der Waals surface area contributed by atoms with Gasteiger partial charge in [-0.15, -0.1) is 0 Å². The van der Waals surface area contributed by atoms with E-state index >= 15 is 0 Å². The van der Waals surface area contributed by atoms with Crippen LogP contribution < -0.4 is 21.1 Å². The highest BCUT2D eigenvalue weighted by molar-refractivity contribution is 7.99. The number of hydrogen-bond acceptors (Lipinski definition) is 8. The number of allylic oxidation sites excluding steroid dienone is 1. The SMILES string of the molecule is CCOPc1cc(NSC)ccc1N=C(N)/C(C(=O)NCc1ccc(F)c(F)c1)=C(\O)C(=N)c1ccsc1. The van der Waals surface area contributed by atoms with E-state index in [9.17, 15) is 18.7 Å². The van der Waals surface area contributed by atoms with Gasteiger partial charge in [0.05, 0.1) is 5.69 Å². The van der Waals surface area contributed by atoms with Crippen LogP contribution in [-0.4, -0.2) is 35.4 Å². The van der Waals surface area contributed by atoms with Crippen molar-refractivity contribution in [2.45, 2.75) is 13.5 Å². The average Bonchev–Trinajstić information content (AvgIpc) is 3.44. The molecule has 0 aliphatic carbocycles. The molecule has 6 N–H and O–H groups in total. The molecule has 3 aromatic rings. The molecule has 2 aromatic carbocycles. The van der Waals surface area contributed by atoms with Gasteiger partial charge in [0.2, 0.25) is 0 Å². The lowest BCUT2D eigenvalue weighted by Gasteiger charge is -2.14. The van der Waals surface area contributed by atoms with Gasteiger partial charge in [-0.2, -0.15) is 11.3 Å². The van der Waals surface area contributed by atoms with Crippen molar-refractivity contribution in [1.82, 2.24) is 5.32 Å². The van der Waals surface area contributed by atoms with Crippen LogP contribution in [0.2, 0.25) is 0 Å². The zero-order chi connectivity index (χ0) is 27.7. The Morgan fingerprint density at radius 3 is 2.68 bits per heavy atom. The van der Waals surface area contributed by atoms with E-state index in [0.29, 0.717) is 23.2 Å². The molecule has 0 aliphatic heterocycles. The van der Waals surface area contributed by atoms with Crippen molar-refractivity contribution >= 4 is 66.2 Å². The number of rotatable bonds is 12. The second-order valence-electron chi connectivity index (χ2n) is 7.61. The third-order valence-corrected chi connectivity index (χ3v) is 7.16. The molecule has 3 rings (SSSR count). The number of amidine groups is 1. The Morgan fingerprint density at radius 2 is 2.03 bits per heavy atom. The molecule has 1 atom stereocenters. The first-order chi connectivity index (χ1) is 18.2. The maximum Gasteiger partial charge on any atom is 0.259 e. The van der Waals surface area contributed by atoms with E-state index in [4.69, 9.17) is 15.7 Å².